The molecule has 0 bridgehead atoms. The molecule has 0 aromatic carbocycles. The van der Waals surface area contributed by atoms with Crippen LogP contribution in [0.15, 0.2) is 42.8 Å². The molecule has 3 aromatic heterocycles. The molecule has 1 aliphatic heterocycles. The van der Waals surface area contributed by atoms with Crippen LogP contribution in [-0.2, 0) is 20.8 Å². The quantitative estimate of drug-likeness (QED) is 0.526. The second-order valence-corrected chi connectivity index (χ2v) is 7.06. The molecule has 0 spiro atoms. The molecule has 0 radical (unpaired) electrons. The van der Waals surface area contributed by atoms with Crippen LogP contribution >= 0.6 is 0 Å². The first-order chi connectivity index (χ1) is 15.0. The Bertz CT molecular complexity index is 1120. The van der Waals surface area contributed by atoms with Crippen molar-refractivity contribution in [2.45, 2.75) is 33.0 Å². The lowest BCUT2D eigenvalue weighted by Gasteiger charge is -2.11. The highest BCUT2D eigenvalue weighted by molar-refractivity contribution is 5.74. The second-order valence-electron chi connectivity index (χ2n) is 7.06. The molecular weight excluding hydrogens is 398 g/mol. The Morgan fingerprint density at radius 3 is 3.03 bits per heavy atom. The van der Waals surface area contributed by atoms with Gasteiger partial charge in [-0.2, -0.15) is 19.6 Å². The van der Waals surface area contributed by atoms with Gasteiger partial charge in [0.25, 0.3) is 0 Å². The summed E-state index contributed by atoms with van der Waals surface area (Å²) < 4.78 is 18.4. The van der Waals surface area contributed by atoms with E-state index in [2.05, 4.69) is 31.9 Å². The zero-order chi connectivity index (χ0) is 21.8. The van der Waals surface area contributed by atoms with Gasteiger partial charge in [-0.3, -0.25) is 0 Å². The van der Waals surface area contributed by atoms with E-state index in [0.29, 0.717) is 47.7 Å². The number of aromatic nitrogens is 5. The molecule has 162 valence electrons. The fourth-order valence-electron chi connectivity index (χ4n) is 3.08. The number of allylic oxidation sites excluding steroid dienone is 2. The van der Waals surface area contributed by atoms with Crippen LogP contribution in [0.3, 0.4) is 0 Å². The van der Waals surface area contributed by atoms with Crippen molar-refractivity contribution in [1.29, 1.82) is 0 Å². The van der Waals surface area contributed by atoms with Gasteiger partial charge in [-0.05, 0) is 38.5 Å². The molecule has 3 aromatic rings. The highest BCUT2D eigenvalue weighted by Crippen LogP contribution is 2.24. The normalized spacial score (nSPS) is 16.6. The number of fused-ring (bicyclic) bond motifs is 1. The molecule has 0 saturated carbocycles. The summed E-state index contributed by atoms with van der Waals surface area (Å²) >= 11 is 0. The van der Waals surface area contributed by atoms with Gasteiger partial charge in [-0.1, -0.05) is 12.6 Å². The zero-order valence-electron chi connectivity index (χ0n) is 17.5. The van der Waals surface area contributed by atoms with Gasteiger partial charge in [0.2, 0.25) is 11.8 Å². The van der Waals surface area contributed by atoms with Crippen molar-refractivity contribution in [3.8, 4) is 0 Å². The molecule has 1 saturated heterocycles. The summed E-state index contributed by atoms with van der Waals surface area (Å²) in [5, 5.41) is 7.61. The Morgan fingerprint density at radius 2 is 2.26 bits per heavy atom. The first kappa shape index (κ1) is 20.8. The molecule has 10 nitrogen and oxygen atoms in total. The smallest absolute Gasteiger partial charge is 0.224 e. The van der Waals surface area contributed by atoms with Gasteiger partial charge < -0.3 is 25.3 Å². The van der Waals surface area contributed by atoms with Gasteiger partial charge in [-0.25, -0.2) is 4.98 Å². The Hall–Kier alpha value is -3.50. The predicted molar refractivity (Wildman–Crippen MR) is 116 cm³/mol. The molecule has 0 aliphatic carbocycles. The van der Waals surface area contributed by atoms with E-state index in [0.717, 1.165) is 18.7 Å². The number of nitrogens with one attached hydrogen (secondary N) is 1. The first-order valence-corrected chi connectivity index (χ1v) is 9.97. The summed E-state index contributed by atoms with van der Waals surface area (Å²) in [6.07, 6.45) is 4.48. The molecule has 4 rings (SSSR count). The van der Waals surface area contributed by atoms with E-state index >= 15 is 0 Å². The van der Waals surface area contributed by atoms with Crippen molar-refractivity contribution in [2.75, 3.05) is 24.3 Å². The van der Waals surface area contributed by atoms with Crippen LogP contribution in [0, 0.1) is 0 Å². The van der Waals surface area contributed by atoms with E-state index in [-0.39, 0.29) is 12.1 Å². The number of nitrogens with zero attached hydrogens (tertiary/aromatic N) is 5. The number of anilines is 3. The van der Waals surface area contributed by atoms with E-state index in [4.69, 9.17) is 19.9 Å². The van der Waals surface area contributed by atoms with Crippen LogP contribution in [0.4, 0.5) is 17.5 Å². The van der Waals surface area contributed by atoms with Gasteiger partial charge in [0.05, 0.1) is 37.0 Å². The fraction of sp³-hybridized carbons (Fsp3) is 0.333. The standard InChI is InChI=1S/C21H25N7O3/c1-4-13(2)31-14(3)19-26-21(22)27-20-17(10-23-28(19)20)25-18-7-5-6-15(24-18)11-30-16-8-9-29-12-16/h4-7,10,16H,3,8-9,11-12H2,1-2H3,(H2,22,27)(H,24,25)/b13-4-/t16-/m1/s1. The third-order valence-corrected chi connectivity index (χ3v) is 4.75. The van der Waals surface area contributed by atoms with Crippen molar-refractivity contribution in [3.05, 3.63) is 54.3 Å². The predicted octanol–water partition coefficient (Wildman–Crippen LogP) is 3.06. The molecule has 1 aliphatic rings. The summed E-state index contributed by atoms with van der Waals surface area (Å²) in [5.74, 6) is 2.09. The van der Waals surface area contributed by atoms with E-state index in [1.54, 1.807) is 6.20 Å². The number of pyridine rings is 1. The lowest BCUT2D eigenvalue weighted by molar-refractivity contribution is 0.0302. The van der Waals surface area contributed by atoms with E-state index in [9.17, 15) is 0 Å². The van der Waals surface area contributed by atoms with E-state index in [1.807, 2.05) is 38.1 Å². The number of rotatable bonds is 8. The average Bonchev–Trinajstić information content (AvgIpc) is 3.42. The third kappa shape index (κ3) is 4.81. The average molecular weight is 423 g/mol. The monoisotopic (exact) mass is 423 g/mol. The van der Waals surface area contributed by atoms with E-state index < -0.39 is 0 Å². The molecule has 1 atom stereocenters. The lowest BCUT2D eigenvalue weighted by Crippen LogP contribution is -2.12. The molecule has 1 fully saturated rings. The highest BCUT2D eigenvalue weighted by Gasteiger charge is 2.17. The second kappa shape index (κ2) is 9.11. The van der Waals surface area contributed by atoms with Crippen molar-refractivity contribution in [2.24, 2.45) is 0 Å². The van der Waals surface area contributed by atoms with Crippen molar-refractivity contribution >= 4 is 28.9 Å². The maximum Gasteiger partial charge on any atom is 0.224 e. The summed E-state index contributed by atoms with van der Waals surface area (Å²) in [4.78, 5) is 13.2. The van der Waals surface area contributed by atoms with Crippen LogP contribution in [0.5, 0.6) is 0 Å². The van der Waals surface area contributed by atoms with Gasteiger partial charge >= 0.3 is 0 Å². The first-order valence-electron chi connectivity index (χ1n) is 9.97. The molecule has 0 unspecified atom stereocenters. The Balaban J connectivity index is 1.55. The number of ether oxygens (including phenoxy) is 3. The van der Waals surface area contributed by atoms with Crippen LogP contribution in [0.25, 0.3) is 11.4 Å². The van der Waals surface area contributed by atoms with Crippen LogP contribution < -0.4 is 11.1 Å². The Morgan fingerprint density at radius 1 is 1.39 bits per heavy atom. The van der Waals surface area contributed by atoms with Gasteiger partial charge in [-0.15, -0.1) is 0 Å². The molecule has 31 heavy (non-hydrogen) atoms. The summed E-state index contributed by atoms with van der Waals surface area (Å²) in [7, 11) is 0. The maximum absolute atomic E-state index is 5.93. The van der Waals surface area contributed by atoms with Crippen LogP contribution in [-0.4, -0.2) is 43.9 Å². The number of hydrogen-bond donors (Lipinski definition) is 2. The van der Waals surface area contributed by atoms with Crippen LogP contribution in [0.2, 0.25) is 0 Å². The molecule has 10 heteroatoms. The Labute approximate surface area is 179 Å². The largest absolute Gasteiger partial charge is 0.459 e. The van der Waals surface area contributed by atoms with Gasteiger partial charge in [0.1, 0.15) is 11.5 Å². The van der Waals surface area contributed by atoms with Crippen LogP contribution in [0.1, 0.15) is 31.8 Å². The molecular formula is C21H25N7O3. The van der Waals surface area contributed by atoms with Gasteiger partial charge in [0.15, 0.2) is 11.4 Å². The van der Waals surface area contributed by atoms with E-state index in [1.165, 1.54) is 4.52 Å². The number of nitrogens with two attached hydrogens (primary N) is 1. The Kier molecular flexibility index (Phi) is 6.10. The lowest BCUT2D eigenvalue weighted by atomic mass is 10.3. The van der Waals surface area contributed by atoms with Gasteiger partial charge in [0, 0.05) is 6.61 Å². The fourth-order valence-corrected chi connectivity index (χ4v) is 3.08. The van der Waals surface area contributed by atoms with Crippen molar-refractivity contribution in [3.63, 3.8) is 0 Å². The minimum absolute atomic E-state index is 0.0859. The minimum atomic E-state index is 0.0859. The summed E-state index contributed by atoms with van der Waals surface area (Å²) in [6, 6.07) is 5.68. The van der Waals surface area contributed by atoms with Crippen molar-refractivity contribution < 1.29 is 14.2 Å². The number of nitrogen functional groups attached to an aromatic ring is 1. The zero-order valence-corrected chi connectivity index (χ0v) is 17.5. The minimum Gasteiger partial charge on any atom is -0.459 e. The topological polar surface area (TPSA) is 122 Å². The molecule has 3 N–H and O–H groups in total. The molecule has 4 heterocycles. The number of hydrogen-bond acceptors (Lipinski definition) is 9. The summed E-state index contributed by atoms with van der Waals surface area (Å²) in [5.41, 5.74) is 7.85. The maximum atomic E-state index is 5.93. The third-order valence-electron chi connectivity index (χ3n) is 4.75. The van der Waals surface area contributed by atoms with Crippen molar-refractivity contribution in [1.82, 2.24) is 24.6 Å². The summed E-state index contributed by atoms with van der Waals surface area (Å²) in [6.45, 7) is 9.42. The molecule has 0 amide bonds. The SMILES string of the molecule is C=C(O/C(C)=C\C)c1nc(N)nc2c(Nc3cccc(CO[C@@H]4CCOC4)n3)cnn12. The highest BCUT2D eigenvalue weighted by atomic mass is 16.5.